The van der Waals surface area contributed by atoms with Crippen molar-refractivity contribution in [1.82, 2.24) is 60.0 Å². The Bertz CT molecular complexity index is 2870. The van der Waals surface area contributed by atoms with Gasteiger partial charge in [-0.1, -0.05) is 102 Å². The van der Waals surface area contributed by atoms with Gasteiger partial charge in [-0.3, -0.25) is 57.6 Å². The summed E-state index contributed by atoms with van der Waals surface area (Å²) in [7, 11) is 10.8. The number of amides is 13. The van der Waals surface area contributed by atoms with E-state index in [0.717, 1.165) is 28.2 Å². The Balaban J connectivity index is 1.91. The van der Waals surface area contributed by atoms with Gasteiger partial charge in [-0.15, -0.1) is 0 Å². The zero-order valence-electron chi connectivity index (χ0n) is 56.6. The van der Waals surface area contributed by atoms with Crippen molar-refractivity contribution in [2.75, 3.05) is 76.0 Å². The minimum absolute atomic E-state index is 0.0260. The van der Waals surface area contributed by atoms with Crippen molar-refractivity contribution in [2.24, 2.45) is 17.8 Å². The molecule has 2 heterocycles. The number of likely N-dealkylation sites (N-methyl/N-ethyl adjacent to an activating group) is 7. The Kier molecular flexibility index (Phi) is 28.6. The van der Waals surface area contributed by atoms with Crippen molar-refractivity contribution >= 4 is 71.0 Å². The zero-order chi connectivity index (χ0) is 68.5. The number of benzene rings is 2. The summed E-state index contributed by atoms with van der Waals surface area (Å²) in [5.74, 6) is -8.84. The molecule has 0 radical (unpaired) electrons. The number of likely N-dealkylation sites (tertiary alicyclic amines) is 1. The number of hydrogen-bond donors (Lipinski definition) is 4. The summed E-state index contributed by atoms with van der Waals surface area (Å²) in [6, 6.07) is 4.69. The van der Waals surface area contributed by atoms with Crippen LogP contribution < -0.4 is 16.0 Å². The number of piperidine rings is 1. The van der Waals surface area contributed by atoms with E-state index in [1.54, 1.807) is 74.5 Å². The third kappa shape index (κ3) is 20.5. The van der Waals surface area contributed by atoms with Gasteiger partial charge in [0.25, 0.3) is 0 Å². The van der Waals surface area contributed by atoms with Crippen molar-refractivity contribution in [3.05, 3.63) is 71.8 Å². The maximum Gasteiger partial charge on any atom is 0.326 e. The molecule has 2 aliphatic rings. The lowest BCUT2D eigenvalue weighted by molar-refractivity contribution is -0.154. The lowest BCUT2D eigenvalue weighted by atomic mass is 9.96. The van der Waals surface area contributed by atoms with Crippen LogP contribution in [0.5, 0.6) is 0 Å². The van der Waals surface area contributed by atoms with Crippen LogP contribution in [0.3, 0.4) is 0 Å². The molecule has 0 bridgehead atoms. The van der Waals surface area contributed by atoms with Gasteiger partial charge in [-0.25, -0.2) is 4.79 Å². The number of aliphatic hydroxyl groups is 1. The van der Waals surface area contributed by atoms with Crippen LogP contribution in [0.25, 0.3) is 0 Å². The van der Waals surface area contributed by atoms with Crippen LogP contribution in [0, 0.1) is 17.8 Å². The number of rotatable bonds is 12. The maximum absolute atomic E-state index is 15.4. The summed E-state index contributed by atoms with van der Waals surface area (Å²) in [6.07, 6.45) is 0.115. The molecule has 2 aromatic rings. The smallest absolute Gasteiger partial charge is 0.326 e. The van der Waals surface area contributed by atoms with E-state index < -0.39 is 144 Å². The minimum Gasteiger partial charge on any atom is -0.391 e. The Morgan fingerprint density at radius 3 is 1.37 bits per heavy atom. The predicted molar refractivity (Wildman–Crippen MR) is 343 cm³/mol. The summed E-state index contributed by atoms with van der Waals surface area (Å²) in [4.78, 5) is 186. The van der Waals surface area contributed by atoms with Gasteiger partial charge in [0.2, 0.25) is 65.0 Å². The van der Waals surface area contributed by atoms with Gasteiger partial charge >= 0.3 is 6.03 Å². The van der Waals surface area contributed by atoms with E-state index in [2.05, 4.69) is 16.0 Å². The van der Waals surface area contributed by atoms with Crippen molar-refractivity contribution in [2.45, 2.75) is 181 Å². The molecular weight excluding hydrogens is 1170 g/mol. The Labute approximate surface area is 537 Å². The average Bonchev–Trinajstić information content (AvgIpc) is 0.893. The van der Waals surface area contributed by atoms with Crippen LogP contribution in [0.1, 0.15) is 118 Å². The molecule has 0 aliphatic carbocycles. The van der Waals surface area contributed by atoms with Crippen molar-refractivity contribution in [1.29, 1.82) is 0 Å². The lowest BCUT2D eigenvalue weighted by Gasteiger charge is -2.39. The van der Waals surface area contributed by atoms with Crippen LogP contribution in [0.4, 0.5) is 4.79 Å². The highest BCUT2D eigenvalue weighted by atomic mass is 16.3. The summed E-state index contributed by atoms with van der Waals surface area (Å²) >= 11 is 0. The van der Waals surface area contributed by atoms with Crippen molar-refractivity contribution in [3.8, 4) is 0 Å². The van der Waals surface area contributed by atoms with Crippen LogP contribution >= 0.6 is 0 Å². The Morgan fingerprint density at radius 1 is 0.484 bits per heavy atom. The molecule has 2 fully saturated rings. The fraction of sp³-hybridized carbons (Fsp3) is 0.636. The van der Waals surface area contributed by atoms with E-state index in [1.807, 2.05) is 27.7 Å². The number of aliphatic hydroxyl groups excluding tert-OH is 1. The lowest BCUT2D eigenvalue weighted by Crippen LogP contribution is -2.61. The van der Waals surface area contributed by atoms with E-state index in [1.165, 1.54) is 94.6 Å². The van der Waals surface area contributed by atoms with E-state index >= 15 is 14.4 Å². The van der Waals surface area contributed by atoms with E-state index in [-0.39, 0.29) is 49.9 Å². The molecule has 4 N–H and O–H groups in total. The largest absolute Gasteiger partial charge is 0.391 e. The second-order valence-corrected chi connectivity index (χ2v) is 26.0. The molecule has 25 nitrogen and oxygen atoms in total. The number of hydrogen-bond acceptors (Lipinski definition) is 13. The highest BCUT2D eigenvalue weighted by molar-refractivity contribution is 6.01. The van der Waals surface area contributed by atoms with Gasteiger partial charge in [0, 0.05) is 82.3 Å². The second kappa shape index (κ2) is 34.5. The van der Waals surface area contributed by atoms with Gasteiger partial charge in [-0.2, -0.15) is 0 Å². The molecule has 2 aromatic carbocycles. The molecule has 0 unspecified atom stereocenters. The first-order chi connectivity index (χ1) is 42.6. The Morgan fingerprint density at radius 2 is 0.901 bits per heavy atom. The highest BCUT2D eigenvalue weighted by Gasteiger charge is 2.44. The third-order valence-electron chi connectivity index (χ3n) is 17.3. The standard InChI is InChI=1S/C66H102N12O13/c1-40(2)33-49-58(83)67-43(7)57(82)68-48(61(86)78-31-25-20-26-32-78)38-54(80)77(17)66(91)71(11)44(8)60(85)73(13)50(34-41(3)4)59(84)69-56(45(9)79)65(90)70(10)39-55(81)72(12)52(36-46-27-21-18-22-28-46)63(88)75(15)51(35-42(5)6)62(87)76(16)53(64(89)74(49)14)37-47-29-23-19-24-30-47/h18-19,21-24,27-30,40-45,48-53,56,79H,20,25-26,31-39H2,1-17H3,(H,67,83)(H,68,82)(H,69,84)/t43-,44-,45+,48-,49-,50-,51-,52-,53-,56-/m0/s1. The Hall–Kier alpha value is -7.96. The topological polar surface area (TPSA) is 290 Å². The summed E-state index contributed by atoms with van der Waals surface area (Å²) < 4.78 is 0. The number of urea groups is 1. The van der Waals surface area contributed by atoms with E-state index in [0.29, 0.717) is 42.0 Å². The van der Waals surface area contributed by atoms with E-state index in [4.69, 9.17) is 0 Å². The molecule has 0 aromatic heterocycles. The van der Waals surface area contributed by atoms with E-state index in [9.17, 15) is 48.3 Å². The number of carbonyl (C=O) groups is 12. The first-order valence-electron chi connectivity index (χ1n) is 31.7. The average molecular weight is 1270 g/mol. The van der Waals surface area contributed by atoms with Crippen LogP contribution in [-0.2, 0) is 65.6 Å². The van der Waals surface area contributed by atoms with Gasteiger partial charge in [0.15, 0.2) is 0 Å². The molecule has 13 amide bonds. The quantitative estimate of drug-likeness (QED) is 0.238. The SMILES string of the molecule is CC(C)C[C@H]1C(=O)N[C@@H]([C@@H](C)O)C(=O)N(C)CC(=O)N(C)[C@@H](Cc2ccccc2)C(=O)N(C)[C@@H](CC(C)C)C(=O)N(C)[C@@H](Cc2ccccc2)C(=O)N(C)[C@@H](CC(C)C)C(=O)N[C@@H](C)C(=O)N[C@H](C(=O)N2CCCCC2)CC(=O)N(C)C(=O)N(C)[C@@H](C)C(=O)N1C. The van der Waals surface area contributed by atoms with Crippen LogP contribution in [0.2, 0.25) is 0 Å². The minimum atomic E-state index is -1.66. The molecule has 2 saturated heterocycles. The fourth-order valence-electron chi connectivity index (χ4n) is 11.3. The number of imide groups is 1. The van der Waals surface area contributed by atoms with Gasteiger partial charge in [0.1, 0.15) is 54.4 Å². The number of carbonyl (C=O) groups excluding carboxylic acids is 12. The van der Waals surface area contributed by atoms with Crippen molar-refractivity contribution < 1.29 is 62.6 Å². The highest BCUT2D eigenvalue weighted by Crippen LogP contribution is 2.24. The second-order valence-electron chi connectivity index (χ2n) is 26.0. The van der Waals surface area contributed by atoms with Gasteiger partial charge in [0.05, 0.1) is 19.1 Å². The third-order valence-corrected chi connectivity index (χ3v) is 17.3. The fourth-order valence-corrected chi connectivity index (χ4v) is 11.3. The first kappa shape index (κ1) is 75.5. The molecule has 0 spiro atoms. The summed E-state index contributed by atoms with van der Waals surface area (Å²) in [6.45, 7) is 15.1. The predicted octanol–water partition coefficient (Wildman–Crippen LogP) is 2.37. The molecule has 4 rings (SSSR count). The van der Waals surface area contributed by atoms with Gasteiger partial charge in [-0.05, 0) is 88.2 Å². The summed E-state index contributed by atoms with van der Waals surface area (Å²) in [5.41, 5.74) is 1.33. The molecular formula is C66H102N12O13. The van der Waals surface area contributed by atoms with Gasteiger partial charge < -0.3 is 60.3 Å². The summed E-state index contributed by atoms with van der Waals surface area (Å²) in [5, 5.41) is 19.1. The van der Waals surface area contributed by atoms with Crippen LogP contribution in [-0.4, -0.2) is 257 Å². The monoisotopic (exact) mass is 1270 g/mol. The van der Waals surface area contributed by atoms with Crippen LogP contribution in [0.15, 0.2) is 60.7 Å². The normalized spacial score (nSPS) is 25.4. The molecule has 91 heavy (non-hydrogen) atoms. The number of nitrogens with one attached hydrogen (secondary N) is 3. The first-order valence-corrected chi connectivity index (χ1v) is 31.7. The maximum atomic E-state index is 15.4. The molecule has 0 saturated carbocycles. The molecule has 504 valence electrons. The molecule has 2 aliphatic heterocycles. The number of nitrogens with zero attached hydrogens (tertiary/aromatic N) is 9. The molecule has 10 atom stereocenters. The van der Waals surface area contributed by atoms with Crippen molar-refractivity contribution in [3.63, 3.8) is 0 Å². The molecule has 25 heteroatoms. The zero-order valence-corrected chi connectivity index (χ0v) is 56.6.